The lowest BCUT2D eigenvalue weighted by atomic mass is 9.93. The van der Waals surface area contributed by atoms with Crippen molar-refractivity contribution < 1.29 is 45.4 Å². The van der Waals surface area contributed by atoms with Crippen LogP contribution in [0, 0.1) is 52.8 Å². The van der Waals surface area contributed by atoms with Crippen LogP contribution in [-0.2, 0) is 36.3 Å². The second-order valence-corrected chi connectivity index (χ2v) is 41.6. The molecule has 2 saturated heterocycles. The molecule has 12 aromatic heterocycles. The van der Waals surface area contributed by atoms with Crippen LogP contribution in [0.2, 0.25) is 10.0 Å². The number of nitrogens with one attached hydrogen (secondary N) is 1. The number of benzene rings is 6. The molecule has 3 atom stereocenters. The van der Waals surface area contributed by atoms with Crippen LogP contribution in [0.15, 0.2) is 285 Å². The summed E-state index contributed by atoms with van der Waals surface area (Å²) in [5.41, 5.74) is 17.6. The number of nitrogens with zero attached hydrogens (tertiary/aromatic N) is 18. The van der Waals surface area contributed by atoms with E-state index in [9.17, 15) is 31.6 Å². The third kappa shape index (κ3) is 23.4. The molecule has 16 heterocycles. The number of thiophene rings is 2. The van der Waals surface area contributed by atoms with E-state index in [0.29, 0.717) is 105 Å². The molecule has 6 aromatic carbocycles. The number of rotatable bonds is 17. The van der Waals surface area contributed by atoms with Gasteiger partial charge in [0.2, 0.25) is 21.5 Å². The third-order valence-corrected chi connectivity index (χ3v) is 30.6. The summed E-state index contributed by atoms with van der Waals surface area (Å²) in [5.74, 6) is 2.98. The van der Waals surface area contributed by atoms with Crippen LogP contribution < -0.4 is 10.1 Å². The highest BCUT2D eigenvalue weighted by Gasteiger charge is 2.38. The van der Waals surface area contributed by atoms with Gasteiger partial charge in [0, 0.05) is 125 Å². The first-order chi connectivity index (χ1) is 69.6. The van der Waals surface area contributed by atoms with Gasteiger partial charge in [-0.15, -0.1) is 34.4 Å². The Morgan fingerprint density at radius 3 is 2.22 bits per heavy atom. The molecular formula is C108H94BrCl2F2N19O8S4. The zero-order valence-corrected chi connectivity index (χ0v) is 85.7. The van der Waals surface area contributed by atoms with Gasteiger partial charge < -0.3 is 33.8 Å². The summed E-state index contributed by atoms with van der Waals surface area (Å²) >= 11 is 20.2. The molecule has 18 aromatic rings. The third-order valence-electron chi connectivity index (χ3n) is 24.2. The van der Waals surface area contributed by atoms with Crippen molar-refractivity contribution in [3.05, 3.63) is 377 Å². The molecule has 1 unspecified atom stereocenters. The van der Waals surface area contributed by atoms with Gasteiger partial charge in [-0.25, -0.2) is 41.5 Å². The molecule has 0 aliphatic carbocycles. The number of anilines is 2. The van der Waals surface area contributed by atoms with E-state index in [1.165, 1.54) is 64.5 Å². The zero-order chi connectivity index (χ0) is 101. The van der Waals surface area contributed by atoms with E-state index < -0.39 is 15.7 Å². The Bertz CT molecular complexity index is 7920. The second-order valence-electron chi connectivity index (χ2n) is 34.4. The minimum absolute atomic E-state index is 0.0145. The Kier molecular flexibility index (Phi) is 31.7. The molecule has 728 valence electrons. The molecule has 0 saturated carbocycles. The van der Waals surface area contributed by atoms with Gasteiger partial charge in [-0.1, -0.05) is 143 Å². The molecular weight excluding hydrogens is 2010 g/mol. The van der Waals surface area contributed by atoms with E-state index in [-0.39, 0.29) is 59.0 Å². The molecule has 4 aliphatic heterocycles. The number of aryl methyl sites for hydroxylation is 6. The smallest absolute Gasteiger partial charge is 0.265 e. The van der Waals surface area contributed by atoms with E-state index >= 15 is 0 Å². The van der Waals surface area contributed by atoms with Crippen LogP contribution in [0.1, 0.15) is 143 Å². The SMILES string of the molecule is C=C(c1cc2ncc(Br)cn2n1)N1CCc2ccccc2[C@H]1C.CC[C@@H]1CCCCN1C(=O)c1cnc(Nc2ccc(C)nc2)c(Cl)c1.Cc1ccc(C(=O)N2CSCC2c2nc(-c3ccccn3)no2)s1.Cc1ccc(S(=O)(=O)c2sc3ncccc3c2-c2ccc(Cl)cc2)cc1.Cc1cccc(CC(=O)c2nn(C)c3c2COc2ccc(F)cc2-3)c1.[C-]#[N+]c1cc(F)cc(-c2nc(-c3ccc(C)cn3)no2)c1. The summed E-state index contributed by atoms with van der Waals surface area (Å²) < 4.78 is 74.6. The van der Waals surface area contributed by atoms with Crippen molar-refractivity contribution in [3.8, 4) is 62.6 Å². The average molecular weight is 2100 g/mol. The van der Waals surface area contributed by atoms with Gasteiger partial charge in [0.15, 0.2) is 17.1 Å². The lowest BCUT2D eigenvalue weighted by Gasteiger charge is -2.37. The number of carbonyl (C=O) groups is 3. The van der Waals surface area contributed by atoms with Crippen molar-refractivity contribution in [1.29, 1.82) is 0 Å². The van der Waals surface area contributed by atoms with E-state index in [0.717, 1.165) is 138 Å². The van der Waals surface area contributed by atoms with Gasteiger partial charge in [0.1, 0.15) is 67.7 Å². The maximum atomic E-state index is 13.7. The van der Waals surface area contributed by atoms with Crippen LogP contribution in [0.5, 0.6) is 5.75 Å². The number of sulfone groups is 1. The number of amides is 2. The predicted molar refractivity (Wildman–Crippen MR) is 561 cm³/mol. The topological polar surface area (TPSA) is 311 Å². The Morgan fingerprint density at radius 1 is 0.681 bits per heavy atom. The van der Waals surface area contributed by atoms with Crippen LogP contribution in [0.4, 0.5) is 26.0 Å². The highest BCUT2D eigenvalue weighted by atomic mass is 79.9. The van der Waals surface area contributed by atoms with Gasteiger partial charge in [-0.3, -0.25) is 34.0 Å². The number of halogens is 5. The van der Waals surface area contributed by atoms with Gasteiger partial charge in [-0.2, -0.15) is 20.2 Å². The first kappa shape index (κ1) is 101. The monoisotopic (exact) mass is 2100 g/mol. The number of hydrogen-bond donors (Lipinski definition) is 1. The number of pyridine rings is 5. The minimum Gasteiger partial charge on any atom is -0.488 e. The van der Waals surface area contributed by atoms with Crippen molar-refractivity contribution in [2.45, 2.75) is 121 Å². The molecule has 0 bridgehead atoms. The van der Waals surface area contributed by atoms with E-state index in [1.807, 2.05) is 149 Å². The molecule has 36 heteroatoms. The number of ketones is 1. The second kappa shape index (κ2) is 45.3. The van der Waals surface area contributed by atoms with Crippen LogP contribution in [-0.4, -0.2) is 141 Å². The van der Waals surface area contributed by atoms with Crippen molar-refractivity contribution in [3.63, 3.8) is 0 Å². The largest absolute Gasteiger partial charge is 0.488 e. The lowest BCUT2D eigenvalue weighted by molar-refractivity contribution is 0.0607. The number of piperidine rings is 1. The quantitative estimate of drug-likeness (QED) is 0.0654. The number of thioether (sulfide) groups is 1. The summed E-state index contributed by atoms with van der Waals surface area (Å²) in [7, 11) is -1.89. The minimum atomic E-state index is -3.66. The maximum absolute atomic E-state index is 13.7. The highest BCUT2D eigenvalue weighted by Crippen LogP contribution is 2.46. The summed E-state index contributed by atoms with van der Waals surface area (Å²) in [6.07, 6.45) is 17.7. The van der Waals surface area contributed by atoms with Crippen LogP contribution in [0.25, 0.3) is 83.3 Å². The summed E-state index contributed by atoms with van der Waals surface area (Å²) in [6, 6.07) is 63.6. The standard InChI is InChI=1S/C20H14ClNO2S2.C20H17FN2O2.C19H23ClN4O.C18H17BrN4.C16H14N4O2S2.C15H9FN4O/c1-13-4-10-16(11-5-13)26(23,24)20-18(14-6-8-15(21)9-7-14)17-3-2-12-22-19(17)25-20;1-12-4-3-5-13(8-12)9-17(24)19-16-11-25-18-7-6-14(21)10-15(18)20(16)23(2)22-19;1-3-16-6-4-5-9-24(16)19(25)14-10-17(20)18(22-11-14)23-15-8-7-13(2)21-12-15;1-12-16-6-4-3-5-14(16)7-8-22(12)13(2)17-9-18-20-10-15(19)11-23(18)21-17;1-10-5-6-13(24-10)16(21)20-9-23-8-12(20)15-18-14(19-22-15)11-4-2-3-7-17-11;1-9-3-4-13(18-8-9)14-19-15(21-20-14)10-5-11(16)7-12(6-10)17-2/h2-12H,1H3;3-8,10H,9,11H2,1-2H3;7-8,10-12,16H,3-6,9H2,1-2H3,(H,22,23);3-6,9-12H,2,7-8H2,1H3;2-7,12H,8-9H2,1H3;3-8H,1H3/t;;16-;12-;;/m..11../s1. The van der Waals surface area contributed by atoms with Crippen molar-refractivity contribution in [1.82, 2.24) is 84.3 Å². The summed E-state index contributed by atoms with van der Waals surface area (Å²) in [6.45, 7) is 27.4. The first-order valence-corrected chi connectivity index (χ1v) is 51.8. The molecule has 2 amide bonds. The molecule has 144 heavy (non-hydrogen) atoms. The molecule has 22 rings (SSSR count). The number of aromatic nitrogens is 14. The average Bonchev–Trinajstić information content (AvgIpc) is 1.59. The fraction of sp³-hybridized carbons (Fsp3) is 0.204. The Morgan fingerprint density at radius 2 is 1.47 bits per heavy atom. The van der Waals surface area contributed by atoms with Gasteiger partial charge in [0.25, 0.3) is 23.6 Å². The maximum Gasteiger partial charge on any atom is 0.265 e. The molecule has 0 radical (unpaired) electrons. The predicted octanol–water partition coefficient (Wildman–Crippen LogP) is 25.5. The van der Waals surface area contributed by atoms with Crippen molar-refractivity contribution in [2.24, 2.45) is 7.05 Å². The highest BCUT2D eigenvalue weighted by molar-refractivity contribution is 9.10. The fourth-order valence-corrected chi connectivity index (χ4v) is 22.6. The fourth-order valence-electron chi connectivity index (χ4n) is 16.9. The van der Waals surface area contributed by atoms with Gasteiger partial charge in [-0.05, 0) is 239 Å². The number of carbonyl (C=O) groups excluding carboxylic acids is 3. The van der Waals surface area contributed by atoms with Gasteiger partial charge >= 0.3 is 0 Å². The molecule has 4 aliphatic rings. The van der Waals surface area contributed by atoms with E-state index in [4.69, 9.17) is 43.6 Å². The van der Waals surface area contributed by atoms with E-state index in [1.54, 1.807) is 125 Å². The Balaban J connectivity index is 0.000000119. The molecule has 0 spiro atoms. The number of Topliss-reactive ketones (excluding diaryl/α,β-unsaturated/α-hetero) is 1. The van der Waals surface area contributed by atoms with E-state index in [2.05, 4.69) is 136 Å². The molecule has 27 nitrogen and oxygen atoms in total. The molecule has 2 fully saturated rings. The summed E-state index contributed by atoms with van der Waals surface area (Å²) in [5, 5.41) is 21.9. The van der Waals surface area contributed by atoms with Gasteiger partial charge in [0.05, 0.1) is 66.6 Å². The first-order valence-electron chi connectivity index (χ1n) is 46.0. The molecule has 1 N–H and O–H groups in total. The summed E-state index contributed by atoms with van der Waals surface area (Å²) in [4.78, 5) is 84.9. The number of fused-ring (bicyclic) bond motifs is 6. The zero-order valence-electron chi connectivity index (χ0n) is 79.3. The number of ether oxygens (including phenoxy) is 1. The van der Waals surface area contributed by atoms with Crippen molar-refractivity contribution >= 4 is 140 Å². The normalized spacial score (nSPS) is 14.4. The lowest BCUT2D eigenvalue weighted by Crippen LogP contribution is -2.43. The van der Waals surface area contributed by atoms with Crippen molar-refractivity contribution in [2.75, 3.05) is 30.0 Å². The van der Waals surface area contributed by atoms with Crippen LogP contribution in [0.3, 0.4) is 0 Å². The Labute approximate surface area is 860 Å². The number of hydrogen-bond acceptors (Lipinski definition) is 25. The Hall–Kier alpha value is -14.7. The number of likely N-dealkylation sites (tertiary alicyclic amines) is 1. The van der Waals surface area contributed by atoms with Crippen LogP contribution >= 0.6 is 73.6 Å².